The zero-order valence-electron chi connectivity index (χ0n) is 12.4. The summed E-state index contributed by atoms with van der Waals surface area (Å²) in [5.41, 5.74) is 2.59. The summed E-state index contributed by atoms with van der Waals surface area (Å²) in [4.78, 5) is 0. The molecule has 0 aliphatic rings. The van der Waals surface area contributed by atoms with E-state index in [-0.39, 0.29) is 0 Å². The Balaban J connectivity index is 2.19. The van der Waals surface area contributed by atoms with Crippen molar-refractivity contribution in [1.82, 2.24) is 5.32 Å². The van der Waals surface area contributed by atoms with Gasteiger partial charge in [-0.25, -0.2) is 0 Å². The number of hydrogen-bond donors (Lipinski definition) is 1. The molecule has 0 saturated heterocycles. The maximum atomic E-state index is 5.54. The van der Waals surface area contributed by atoms with Crippen LogP contribution in [0.15, 0.2) is 24.3 Å². The molecule has 1 N–H and O–H groups in total. The standard InChI is InChI=1S/C16H27NO2/c1-4-18-11-12-19-13-16-7-5-15(6-8-16)9-10-17-14(2)3/h5-8,14,17H,4,9-13H2,1-3H3. The Bertz CT molecular complexity index is 322. The third-order valence-electron chi connectivity index (χ3n) is 2.83. The Kier molecular flexibility index (Phi) is 8.47. The van der Waals surface area contributed by atoms with E-state index in [1.54, 1.807) is 0 Å². The molecule has 3 heteroatoms. The van der Waals surface area contributed by atoms with Crippen LogP contribution in [-0.4, -0.2) is 32.4 Å². The van der Waals surface area contributed by atoms with Crippen molar-refractivity contribution in [2.45, 2.75) is 39.8 Å². The van der Waals surface area contributed by atoms with Crippen molar-refractivity contribution in [3.05, 3.63) is 35.4 Å². The van der Waals surface area contributed by atoms with Crippen LogP contribution in [0.5, 0.6) is 0 Å². The Morgan fingerprint density at radius 3 is 2.26 bits per heavy atom. The lowest BCUT2D eigenvalue weighted by Crippen LogP contribution is -2.24. The summed E-state index contributed by atoms with van der Waals surface area (Å²) in [6.45, 7) is 10.1. The molecule has 0 heterocycles. The average Bonchev–Trinajstić information content (AvgIpc) is 2.40. The van der Waals surface area contributed by atoms with Crippen molar-refractivity contribution >= 4 is 0 Å². The lowest BCUT2D eigenvalue weighted by atomic mass is 10.1. The van der Waals surface area contributed by atoms with Gasteiger partial charge in [0.2, 0.25) is 0 Å². The molecule has 0 radical (unpaired) electrons. The molecule has 1 rings (SSSR count). The Hall–Kier alpha value is -0.900. The van der Waals surface area contributed by atoms with E-state index in [0.29, 0.717) is 25.9 Å². The minimum Gasteiger partial charge on any atom is -0.379 e. The highest BCUT2D eigenvalue weighted by atomic mass is 16.5. The van der Waals surface area contributed by atoms with Gasteiger partial charge in [0.05, 0.1) is 19.8 Å². The summed E-state index contributed by atoms with van der Waals surface area (Å²) >= 11 is 0. The van der Waals surface area contributed by atoms with E-state index in [2.05, 4.69) is 43.4 Å². The van der Waals surface area contributed by atoms with E-state index in [1.165, 1.54) is 11.1 Å². The predicted octanol–water partition coefficient (Wildman–Crippen LogP) is 2.78. The third-order valence-corrected chi connectivity index (χ3v) is 2.83. The van der Waals surface area contributed by atoms with Gasteiger partial charge in [0.15, 0.2) is 0 Å². The van der Waals surface area contributed by atoms with Crippen molar-refractivity contribution in [3.63, 3.8) is 0 Å². The maximum absolute atomic E-state index is 5.54. The zero-order valence-corrected chi connectivity index (χ0v) is 12.4. The average molecular weight is 265 g/mol. The highest BCUT2D eigenvalue weighted by molar-refractivity contribution is 5.22. The molecule has 1 aromatic carbocycles. The van der Waals surface area contributed by atoms with Gasteiger partial charge < -0.3 is 14.8 Å². The molecule has 0 aromatic heterocycles. The van der Waals surface area contributed by atoms with Crippen LogP contribution in [0.2, 0.25) is 0 Å². The van der Waals surface area contributed by atoms with Crippen molar-refractivity contribution in [1.29, 1.82) is 0 Å². The largest absolute Gasteiger partial charge is 0.379 e. The molecule has 0 unspecified atom stereocenters. The Morgan fingerprint density at radius 1 is 1.00 bits per heavy atom. The van der Waals surface area contributed by atoms with Gasteiger partial charge in [-0.3, -0.25) is 0 Å². The van der Waals surface area contributed by atoms with E-state index in [9.17, 15) is 0 Å². The van der Waals surface area contributed by atoms with Crippen LogP contribution in [-0.2, 0) is 22.5 Å². The van der Waals surface area contributed by atoms with Gasteiger partial charge in [-0.1, -0.05) is 38.1 Å². The number of hydrogen-bond acceptors (Lipinski definition) is 3. The molecular weight excluding hydrogens is 238 g/mol. The van der Waals surface area contributed by atoms with Crippen molar-refractivity contribution in [2.24, 2.45) is 0 Å². The van der Waals surface area contributed by atoms with Gasteiger partial charge in [0.25, 0.3) is 0 Å². The molecule has 0 amide bonds. The fourth-order valence-corrected chi connectivity index (χ4v) is 1.76. The quantitative estimate of drug-likeness (QED) is 0.660. The number of benzene rings is 1. The molecule has 1 aromatic rings. The van der Waals surface area contributed by atoms with E-state index >= 15 is 0 Å². The number of rotatable bonds is 10. The predicted molar refractivity (Wildman–Crippen MR) is 79.4 cm³/mol. The van der Waals surface area contributed by atoms with Crippen LogP contribution < -0.4 is 5.32 Å². The van der Waals surface area contributed by atoms with E-state index in [0.717, 1.165) is 19.6 Å². The van der Waals surface area contributed by atoms with Crippen LogP contribution in [0.1, 0.15) is 31.9 Å². The van der Waals surface area contributed by atoms with Crippen molar-refractivity contribution in [3.8, 4) is 0 Å². The first-order chi connectivity index (χ1) is 9.22. The molecule has 0 aliphatic carbocycles. The van der Waals surface area contributed by atoms with E-state index < -0.39 is 0 Å². The molecule has 0 aliphatic heterocycles. The topological polar surface area (TPSA) is 30.5 Å². The Labute approximate surface area is 117 Å². The first-order valence-corrected chi connectivity index (χ1v) is 7.19. The van der Waals surface area contributed by atoms with Gasteiger partial charge in [-0.2, -0.15) is 0 Å². The first kappa shape index (κ1) is 16.2. The highest BCUT2D eigenvalue weighted by Gasteiger charge is 1.97. The molecule has 3 nitrogen and oxygen atoms in total. The molecule has 0 fully saturated rings. The number of nitrogens with one attached hydrogen (secondary N) is 1. The molecular formula is C16H27NO2. The smallest absolute Gasteiger partial charge is 0.0718 e. The van der Waals surface area contributed by atoms with Gasteiger partial charge in [0, 0.05) is 12.6 Å². The summed E-state index contributed by atoms with van der Waals surface area (Å²) < 4.78 is 10.8. The molecule has 108 valence electrons. The van der Waals surface area contributed by atoms with Gasteiger partial charge in [0.1, 0.15) is 0 Å². The molecule has 0 spiro atoms. The van der Waals surface area contributed by atoms with Crippen LogP contribution in [0.4, 0.5) is 0 Å². The second-order valence-corrected chi connectivity index (χ2v) is 4.92. The monoisotopic (exact) mass is 265 g/mol. The van der Waals surface area contributed by atoms with Crippen LogP contribution in [0, 0.1) is 0 Å². The van der Waals surface area contributed by atoms with Crippen molar-refractivity contribution in [2.75, 3.05) is 26.4 Å². The highest BCUT2D eigenvalue weighted by Crippen LogP contribution is 2.06. The van der Waals surface area contributed by atoms with E-state index in [4.69, 9.17) is 9.47 Å². The SMILES string of the molecule is CCOCCOCc1ccc(CCNC(C)C)cc1. The summed E-state index contributed by atoms with van der Waals surface area (Å²) in [6.07, 6.45) is 1.07. The normalized spacial score (nSPS) is 11.2. The fourth-order valence-electron chi connectivity index (χ4n) is 1.76. The minimum atomic E-state index is 0.554. The molecule has 0 atom stereocenters. The minimum absolute atomic E-state index is 0.554. The zero-order chi connectivity index (χ0) is 13.9. The lowest BCUT2D eigenvalue weighted by molar-refractivity contribution is 0.0453. The van der Waals surface area contributed by atoms with Crippen LogP contribution in [0.25, 0.3) is 0 Å². The summed E-state index contributed by atoms with van der Waals surface area (Å²) in [5.74, 6) is 0. The Morgan fingerprint density at radius 2 is 1.63 bits per heavy atom. The summed E-state index contributed by atoms with van der Waals surface area (Å²) in [6, 6.07) is 9.21. The van der Waals surface area contributed by atoms with Gasteiger partial charge in [-0.05, 0) is 31.0 Å². The molecule has 0 bridgehead atoms. The van der Waals surface area contributed by atoms with Gasteiger partial charge in [-0.15, -0.1) is 0 Å². The lowest BCUT2D eigenvalue weighted by Gasteiger charge is -2.08. The van der Waals surface area contributed by atoms with Crippen molar-refractivity contribution < 1.29 is 9.47 Å². The second kappa shape index (κ2) is 9.96. The van der Waals surface area contributed by atoms with Crippen LogP contribution in [0.3, 0.4) is 0 Å². The second-order valence-electron chi connectivity index (χ2n) is 4.92. The number of ether oxygens (including phenoxy) is 2. The van der Waals surface area contributed by atoms with Gasteiger partial charge >= 0.3 is 0 Å². The van der Waals surface area contributed by atoms with E-state index in [1.807, 2.05) is 6.92 Å². The molecule has 0 saturated carbocycles. The first-order valence-electron chi connectivity index (χ1n) is 7.19. The fraction of sp³-hybridized carbons (Fsp3) is 0.625. The third kappa shape index (κ3) is 7.98. The molecule has 19 heavy (non-hydrogen) atoms. The summed E-state index contributed by atoms with van der Waals surface area (Å²) in [7, 11) is 0. The summed E-state index contributed by atoms with van der Waals surface area (Å²) in [5, 5.41) is 3.42. The van der Waals surface area contributed by atoms with Crippen LogP contribution >= 0.6 is 0 Å². The maximum Gasteiger partial charge on any atom is 0.0718 e.